The third kappa shape index (κ3) is 4.13. The van der Waals surface area contributed by atoms with Gasteiger partial charge in [0.25, 0.3) is 0 Å². The van der Waals surface area contributed by atoms with Crippen molar-refractivity contribution in [1.82, 2.24) is 4.90 Å². The van der Waals surface area contributed by atoms with E-state index in [-0.39, 0.29) is 23.3 Å². The van der Waals surface area contributed by atoms with Crippen molar-refractivity contribution < 1.29 is 19.4 Å². The standard InChI is InChI=1S/C11H11F5N2S/c1-18(2)8-10(7-17)9-3-5-11(6-4-9)19(12,13,14,15)16/h3-6,8H,1-2H3/b10-8+. The predicted octanol–water partition coefficient (Wildman–Crippen LogP) is 4.77. The Bertz CT molecular complexity index is 551. The summed E-state index contributed by atoms with van der Waals surface area (Å²) in [5.41, 5.74) is 0.223. The molecule has 0 radical (unpaired) electrons. The molecule has 1 rings (SSSR count). The normalized spacial score (nSPS) is 16.2. The van der Waals surface area contributed by atoms with Gasteiger partial charge in [-0.05, 0) is 17.7 Å². The van der Waals surface area contributed by atoms with Crippen molar-refractivity contribution >= 4 is 15.8 Å². The fourth-order valence-electron chi connectivity index (χ4n) is 1.32. The first-order chi connectivity index (χ1) is 8.33. The third-order valence-corrected chi connectivity index (χ3v) is 3.28. The van der Waals surface area contributed by atoms with Crippen molar-refractivity contribution in [2.24, 2.45) is 0 Å². The lowest BCUT2D eigenvalue weighted by Gasteiger charge is -2.40. The maximum Gasteiger partial charge on any atom is 0.310 e. The lowest BCUT2D eigenvalue weighted by atomic mass is 10.1. The van der Waals surface area contributed by atoms with Crippen molar-refractivity contribution in [3.05, 3.63) is 36.0 Å². The van der Waals surface area contributed by atoms with E-state index in [0.29, 0.717) is 0 Å². The van der Waals surface area contributed by atoms with Crippen LogP contribution < -0.4 is 0 Å². The van der Waals surface area contributed by atoms with Crippen molar-refractivity contribution in [3.8, 4) is 6.07 Å². The summed E-state index contributed by atoms with van der Waals surface area (Å²) in [6, 6.07) is 4.07. The molecule has 0 unspecified atom stereocenters. The van der Waals surface area contributed by atoms with E-state index in [0.717, 1.165) is 12.1 Å². The molecule has 8 heteroatoms. The van der Waals surface area contributed by atoms with Crippen LogP contribution >= 0.6 is 10.2 Å². The quantitative estimate of drug-likeness (QED) is 0.593. The van der Waals surface area contributed by atoms with E-state index >= 15 is 0 Å². The van der Waals surface area contributed by atoms with Crippen molar-refractivity contribution in [1.29, 1.82) is 5.26 Å². The monoisotopic (exact) mass is 298 g/mol. The highest BCUT2D eigenvalue weighted by Gasteiger charge is 2.65. The zero-order chi connectivity index (χ0) is 15.0. The molecule has 0 aliphatic heterocycles. The van der Waals surface area contributed by atoms with Gasteiger partial charge in [-0.2, -0.15) is 5.26 Å². The molecule has 0 fully saturated rings. The number of halogens is 5. The van der Waals surface area contributed by atoms with Gasteiger partial charge in [0.05, 0.1) is 5.57 Å². The lowest BCUT2D eigenvalue weighted by molar-refractivity contribution is 0.364. The SMILES string of the molecule is CN(C)/C=C(\C#N)c1ccc(S(F)(F)(F)(F)F)cc1. The molecule has 106 valence electrons. The third-order valence-electron chi connectivity index (χ3n) is 2.12. The highest BCUT2D eigenvalue weighted by atomic mass is 32.5. The van der Waals surface area contributed by atoms with Crippen LogP contribution in [0.5, 0.6) is 0 Å². The minimum Gasteiger partial charge on any atom is -0.382 e. The van der Waals surface area contributed by atoms with Gasteiger partial charge in [-0.15, -0.1) is 0 Å². The summed E-state index contributed by atoms with van der Waals surface area (Å²) in [5, 5.41) is 8.85. The summed E-state index contributed by atoms with van der Waals surface area (Å²) >= 11 is 0. The molecule has 0 saturated heterocycles. The molecule has 1 aromatic rings. The summed E-state index contributed by atoms with van der Waals surface area (Å²) in [6.07, 6.45) is 1.38. The van der Waals surface area contributed by atoms with Gasteiger partial charge >= 0.3 is 10.2 Å². The van der Waals surface area contributed by atoms with E-state index in [1.807, 2.05) is 0 Å². The van der Waals surface area contributed by atoms with Crippen LogP contribution in [0.4, 0.5) is 19.4 Å². The molecule has 0 amide bonds. The number of nitrogens with zero attached hydrogens (tertiary/aromatic N) is 2. The molecule has 1 aromatic carbocycles. The average molecular weight is 298 g/mol. The number of benzene rings is 1. The topological polar surface area (TPSA) is 27.0 Å². The van der Waals surface area contributed by atoms with E-state index < -0.39 is 15.1 Å². The van der Waals surface area contributed by atoms with E-state index in [9.17, 15) is 19.4 Å². The molecule has 0 aliphatic carbocycles. The first-order valence-electron chi connectivity index (χ1n) is 4.96. The molecule has 19 heavy (non-hydrogen) atoms. The largest absolute Gasteiger partial charge is 0.382 e. The maximum atomic E-state index is 12.5. The molecule has 0 heterocycles. The minimum absolute atomic E-state index is 0.0821. The van der Waals surface area contributed by atoms with Gasteiger partial charge in [0.15, 0.2) is 0 Å². The number of nitriles is 1. The molecule has 0 atom stereocenters. The number of allylic oxidation sites excluding steroid dienone is 1. The summed E-state index contributed by atoms with van der Waals surface area (Å²) < 4.78 is 62.4. The lowest BCUT2D eigenvalue weighted by Crippen LogP contribution is -2.06. The van der Waals surface area contributed by atoms with Gasteiger partial charge in [0, 0.05) is 20.3 Å². The molecular formula is C11H11F5N2S. The second-order valence-corrected chi connectivity index (χ2v) is 6.52. The Hall–Kier alpha value is -1.75. The van der Waals surface area contributed by atoms with Crippen LogP contribution in [0.1, 0.15) is 5.56 Å². The van der Waals surface area contributed by atoms with Gasteiger partial charge in [-0.1, -0.05) is 31.6 Å². The van der Waals surface area contributed by atoms with Crippen molar-refractivity contribution in [3.63, 3.8) is 0 Å². The first kappa shape index (κ1) is 15.3. The number of hydrogen-bond acceptors (Lipinski definition) is 2. The maximum absolute atomic E-state index is 12.5. The van der Waals surface area contributed by atoms with Gasteiger partial charge in [-0.3, -0.25) is 0 Å². The predicted molar refractivity (Wildman–Crippen MR) is 65.1 cm³/mol. The molecule has 0 aromatic heterocycles. The van der Waals surface area contributed by atoms with Crippen LogP contribution in [0.15, 0.2) is 35.4 Å². The minimum atomic E-state index is -9.65. The van der Waals surface area contributed by atoms with Crippen LogP contribution in [0.3, 0.4) is 0 Å². The second-order valence-electron chi connectivity index (χ2n) is 4.11. The first-order valence-corrected chi connectivity index (χ1v) is 6.91. The zero-order valence-electron chi connectivity index (χ0n) is 10.1. The van der Waals surface area contributed by atoms with E-state index in [2.05, 4.69) is 0 Å². The Labute approximate surface area is 107 Å². The molecule has 0 saturated carbocycles. The zero-order valence-corrected chi connectivity index (χ0v) is 10.9. The van der Waals surface area contributed by atoms with Crippen LogP contribution in [-0.4, -0.2) is 19.0 Å². The molecule has 2 nitrogen and oxygen atoms in total. The van der Waals surface area contributed by atoms with Gasteiger partial charge in [-0.25, -0.2) is 0 Å². The second kappa shape index (κ2) is 3.87. The Balaban J connectivity index is 3.26. The molecule has 0 spiro atoms. The fraction of sp³-hybridized carbons (Fsp3) is 0.182. The van der Waals surface area contributed by atoms with Gasteiger partial charge in [0.1, 0.15) is 11.0 Å². The van der Waals surface area contributed by atoms with E-state index in [1.54, 1.807) is 20.2 Å². The smallest absolute Gasteiger partial charge is 0.310 e. The van der Waals surface area contributed by atoms with Crippen LogP contribution in [0.25, 0.3) is 5.57 Å². The average Bonchev–Trinajstić information content (AvgIpc) is 2.23. The van der Waals surface area contributed by atoms with Crippen molar-refractivity contribution in [2.75, 3.05) is 14.1 Å². The molecular weight excluding hydrogens is 287 g/mol. The number of rotatable bonds is 3. The Morgan fingerprint density at radius 2 is 1.58 bits per heavy atom. The van der Waals surface area contributed by atoms with Crippen LogP contribution in [-0.2, 0) is 0 Å². The Kier molecular flexibility index (Phi) is 3.12. The number of hydrogen-bond donors (Lipinski definition) is 0. The molecule has 0 N–H and O–H groups in total. The summed E-state index contributed by atoms with van der Waals surface area (Å²) in [5.74, 6) is 0. The van der Waals surface area contributed by atoms with E-state index in [1.165, 1.54) is 11.1 Å². The van der Waals surface area contributed by atoms with Crippen LogP contribution in [0.2, 0.25) is 0 Å². The van der Waals surface area contributed by atoms with Crippen LogP contribution in [0, 0.1) is 11.3 Å². The Morgan fingerprint density at radius 3 is 1.89 bits per heavy atom. The van der Waals surface area contributed by atoms with Crippen molar-refractivity contribution in [2.45, 2.75) is 4.90 Å². The Morgan fingerprint density at radius 1 is 1.11 bits per heavy atom. The summed E-state index contributed by atoms with van der Waals surface area (Å²) in [6.45, 7) is 0. The fourth-order valence-corrected chi connectivity index (χ4v) is 1.97. The summed E-state index contributed by atoms with van der Waals surface area (Å²) in [7, 11) is -6.40. The highest BCUT2D eigenvalue weighted by molar-refractivity contribution is 8.45. The van der Waals surface area contributed by atoms with Gasteiger partial charge in [0.2, 0.25) is 0 Å². The molecule has 0 aliphatic rings. The van der Waals surface area contributed by atoms with E-state index in [4.69, 9.17) is 5.26 Å². The summed E-state index contributed by atoms with van der Waals surface area (Å²) in [4.78, 5) is -0.442. The highest BCUT2D eigenvalue weighted by Crippen LogP contribution is 3.02. The molecule has 0 bridgehead atoms. The van der Waals surface area contributed by atoms with Gasteiger partial charge < -0.3 is 4.90 Å².